The number of ether oxygens (including phenoxy) is 1. The molecule has 4 aromatic rings. The SMILES string of the molecule is O=S(=O)(/N=C(\[O-])OCC(c1ccccc1)c1ccccc1)n1cc[n+](Cc2ccccc2)c1. The quantitative estimate of drug-likeness (QED) is 0.229. The third-order valence-corrected chi connectivity index (χ3v) is 6.24. The zero-order valence-corrected chi connectivity index (χ0v) is 18.6. The summed E-state index contributed by atoms with van der Waals surface area (Å²) in [6, 6.07) is 28.8. The summed E-state index contributed by atoms with van der Waals surface area (Å²) >= 11 is 0. The molecule has 7 nitrogen and oxygen atoms in total. The van der Waals surface area contributed by atoms with E-state index in [1.54, 1.807) is 10.8 Å². The van der Waals surface area contributed by atoms with Gasteiger partial charge in [-0.15, -0.1) is 8.37 Å². The van der Waals surface area contributed by atoms with Gasteiger partial charge in [-0.1, -0.05) is 91.0 Å². The van der Waals surface area contributed by atoms with E-state index in [0.29, 0.717) is 6.54 Å². The van der Waals surface area contributed by atoms with E-state index in [-0.39, 0.29) is 12.5 Å². The van der Waals surface area contributed by atoms with E-state index in [0.717, 1.165) is 20.7 Å². The van der Waals surface area contributed by atoms with Gasteiger partial charge in [-0.3, -0.25) is 0 Å². The van der Waals surface area contributed by atoms with Crippen LogP contribution in [0.4, 0.5) is 0 Å². The topological polar surface area (TPSA) is 87.6 Å². The lowest BCUT2D eigenvalue weighted by molar-refractivity contribution is -0.687. The third-order valence-electron chi connectivity index (χ3n) is 5.11. The predicted molar refractivity (Wildman–Crippen MR) is 123 cm³/mol. The van der Waals surface area contributed by atoms with Crippen molar-refractivity contribution in [1.82, 2.24) is 3.97 Å². The molecule has 0 fully saturated rings. The van der Waals surface area contributed by atoms with Crippen LogP contribution >= 0.6 is 0 Å². The summed E-state index contributed by atoms with van der Waals surface area (Å²) in [7, 11) is -4.26. The maximum absolute atomic E-state index is 12.6. The fourth-order valence-electron chi connectivity index (χ4n) is 3.48. The molecule has 168 valence electrons. The molecule has 8 heteroatoms. The van der Waals surface area contributed by atoms with E-state index in [1.807, 2.05) is 91.0 Å². The molecule has 3 aromatic carbocycles. The van der Waals surface area contributed by atoms with E-state index >= 15 is 0 Å². The summed E-state index contributed by atoms with van der Waals surface area (Å²) < 4.78 is 36.3. The van der Waals surface area contributed by atoms with Crippen molar-refractivity contribution >= 4 is 16.3 Å². The number of aromatic nitrogens is 2. The lowest BCUT2D eigenvalue weighted by atomic mass is 9.92. The molecule has 0 spiro atoms. The lowest BCUT2D eigenvalue weighted by Gasteiger charge is -2.23. The molecule has 0 aliphatic rings. The zero-order chi connectivity index (χ0) is 23.1. The molecule has 0 atom stereocenters. The van der Waals surface area contributed by atoms with Crippen LogP contribution in [-0.2, 0) is 21.5 Å². The van der Waals surface area contributed by atoms with Crippen molar-refractivity contribution in [3.8, 4) is 0 Å². The first-order valence-electron chi connectivity index (χ1n) is 10.4. The highest BCUT2D eigenvalue weighted by atomic mass is 32.2. The van der Waals surface area contributed by atoms with Crippen LogP contribution in [0.2, 0.25) is 0 Å². The molecule has 33 heavy (non-hydrogen) atoms. The summed E-state index contributed by atoms with van der Waals surface area (Å²) in [5, 5.41) is 12.3. The van der Waals surface area contributed by atoms with Crippen LogP contribution in [0.1, 0.15) is 22.6 Å². The maximum Gasteiger partial charge on any atom is 0.423 e. The Kier molecular flexibility index (Phi) is 6.85. The summed E-state index contributed by atoms with van der Waals surface area (Å²) in [6.45, 7) is 0.454. The van der Waals surface area contributed by atoms with Gasteiger partial charge in [0, 0.05) is 12.5 Å². The molecular weight excluding hydrogens is 438 g/mol. The summed E-state index contributed by atoms with van der Waals surface area (Å²) in [6.07, 6.45) is 3.16. The van der Waals surface area contributed by atoms with Gasteiger partial charge in [-0.25, -0.2) is 4.57 Å². The van der Waals surface area contributed by atoms with Gasteiger partial charge >= 0.3 is 10.2 Å². The fourth-order valence-corrected chi connectivity index (χ4v) is 4.26. The van der Waals surface area contributed by atoms with Crippen LogP contribution in [0.3, 0.4) is 0 Å². The number of benzene rings is 3. The second-order valence-corrected chi connectivity index (χ2v) is 8.92. The Balaban J connectivity index is 1.47. The number of hydrogen-bond donors (Lipinski definition) is 0. The Labute approximate surface area is 193 Å². The van der Waals surface area contributed by atoms with Crippen molar-refractivity contribution in [2.24, 2.45) is 4.40 Å². The maximum atomic E-state index is 12.6. The van der Waals surface area contributed by atoms with Gasteiger partial charge < -0.3 is 9.84 Å². The first-order valence-corrected chi connectivity index (χ1v) is 11.8. The van der Waals surface area contributed by atoms with Gasteiger partial charge in [0.25, 0.3) is 6.33 Å². The molecule has 1 aromatic heterocycles. The molecule has 0 saturated heterocycles. The normalized spacial score (nSPS) is 12.1. The molecule has 0 N–H and O–H groups in total. The summed E-state index contributed by atoms with van der Waals surface area (Å²) in [4.78, 5) is 0. The van der Waals surface area contributed by atoms with E-state index in [9.17, 15) is 13.5 Å². The van der Waals surface area contributed by atoms with Crippen LogP contribution in [0, 0.1) is 0 Å². The second kappa shape index (κ2) is 10.1. The van der Waals surface area contributed by atoms with E-state index < -0.39 is 16.3 Å². The Bertz CT molecular complexity index is 1270. The van der Waals surface area contributed by atoms with Crippen molar-refractivity contribution in [2.75, 3.05) is 6.61 Å². The molecular formula is C25H23N3O4S. The van der Waals surface area contributed by atoms with Crippen molar-refractivity contribution in [2.45, 2.75) is 12.5 Å². The zero-order valence-electron chi connectivity index (χ0n) is 17.8. The van der Waals surface area contributed by atoms with Crippen LogP contribution in [0.15, 0.2) is 114 Å². The van der Waals surface area contributed by atoms with Crippen molar-refractivity contribution in [3.05, 3.63) is 126 Å². The van der Waals surface area contributed by atoms with Gasteiger partial charge in [0.2, 0.25) is 0 Å². The largest absolute Gasteiger partial charge is 0.598 e. The van der Waals surface area contributed by atoms with Crippen molar-refractivity contribution in [1.29, 1.82) is 0 Å². The van der Waals surface area contributed by atoms with Crippen molar-refractivity contribution < 1.29 is 22.8 Å². The van der Waals surface area contributed by atoms with Gasteiger partial charge in [-0.2, -0.15) is 8.42 Å². The van der Waals surface area contributed by atoms with E-state index in [4.69, 9.17) is 4.74 Å². The third kappa shape index (κ3) is 5.87. The van der Waals surface area contributed by atoms with Crippen molar-refractivity contribution in [3.63, 3.8) is 0 Å². The number of nitrogens with zero attached hydrogens (tertiary/aromatic N) is 3. The Morgan fingerprint density at radius 1 is 0.909 bits per heavy atom. The Morgan fingerprint density at radius 3 is 2.03 bits per heavy atom. The highest BCUT2D eigenvalue weighted by molar-refractivity contribution is 7.88. The van der Waals surface area contributed by atoms with Gasteiger partial charge in [0.05, 0.1) is 0 Å². The fraction of sp³-hybridized carbons (Fsp3) is 0.120. The first kappa shape index (κ1) is 22.3. The molecule has 0 unspecified atom stereocenters. The smallest absolute Gasteiger partial charge is 0.423 e. The molecule has 0 radical (unpaired) electrons. The van der Waals surface area contributed by atoms with E-state index in [2.05, 4.69) is 4.40 Å². The molecule has 0 bridgehead atoms. The highest BCUT2D eigenvalue weighted by Crippen LogP contribution is 2.24. The standard InChI is InChI=1S/C25H23N3O4S/c29-25(32-19-24(22-12-6-2-7-13-22)23-14-8-3-9-15-23)26-33(30,31)28-17-16-27(20-28)18-21-10-4-1-5-11-21/h1-17,20,24H,18-19H2. The predicted octanol–water partition coefficient (Wildman–Crippen LogP) is 2.48. The molecule has 0 saturated carbocycles. The van der Waals surface area contributed by atoms with Gasteiger partial charge in [0.1, 0.15) is 18.9 Å². The lowest BCUT2D eigenvalue weighted by Crippen LogP contribution is -2.32. The average Bonchev–Trinajstić information content (AvgIpc) is 3.31. The van der Waals surface area contributed by atoms with Gasteiger partial charge in [0.15, 0.2) is 6.08 Å². The molecule has 0 aliphatic carbocycles. The van der Waals surface area contributed by atoms with Crippen LogP contribution in [-0.4, -0.2) is 25.1 Å². The number of imidazole rings is 1. The minimum atomic E-state index is -4.26. The highest BCUT2D eigenvalue weighted by Gasteiger charge is 2.19. The van der Waals surface area contributed by atoms with Crippen LogP contribution in [0.5, 0.6) is 0 Å². The molecule has 1 heterocycles. The molecule has 0 amide bonds. The Hall–Kier alpha value is -3.91. The van der Waals surface area contributed by atoms with Crippen LogP contribution in [0.25, 0.3) is 0 Å². The minimum Gasteiger partial charge on any atom is -0.598 e. The average molecular weight is 462 g/mol. The Morgan fingerprint density at radius 2 is 1.45 bits per heavy atom. The summed E-state index contributed by atoms with van der Waals surface area (Å²) in [5.74, 6) is -0.242. The van der Waals surface area contributed by atoms with Crippen LogP contribution < -0.4 is 9.67 Å². The van der Waals surface area contributed by atoms with E-state index in [1.165, 1.54) is 12.5 Å². The van der Waals surface area contributed by atoms with Gasteiger partial charge in [-0.05, 0) is 16.7 Å². The first-order chi connectivity index (χ1) is 16.0. The molecule has 0 aliphatic heterocycles. The minimum absolute atomic E-state index is 0.0361. The number of rotatable bonds is 8. The second-order valence-electron chi connectivity index (χ2n) is 7.42. The summed E-state index contributed by atoms with van der Waals surface area (Å²) in [5.41, 5.74) is 2.92. The monoisotopic (exact) mass is 461 g/mol. The molecule has 4 rings (SSSR count). The number of hydrogen-bond acceptors (Lipinski definition) is 4.